The average Bonchev–Trinajstić information content (AvgIpc) is 2.42. The zero-order valence-electron chi connectivity index (χ0n) is 10.2. The summed E-state index contributed by atoms with van der Waals surface area (Å²) in [5, 5.41) is 2.96. The van der Waals surface area contributed by atoms with Gasteiger partial charge in [-0.25, -0.2) is 13.2 Å². The van der Waals surface area contributed by atoms with E-state index in [1.165, 1.54) is 0 Å². The van der Waals surface area contributed by atoms with Crippen LogP contribution in [0.1, 0.15) is 5.56 Å². The molecular formula is C14H12F3NS. The Balaban J connectivity index is 2.07. The van der Waals surface area contributed by atoms with Crippen molar-refractivity contribution < 1.29 is 13.2 Å². The van der Waals surface area contributed by atoms with Crippen molar-refractivity contribution in [2.75, 3.05) is 11.6 Å². The molecule has 0 radical (unpaired) electrons. The van der Waals surface area contributed by atoms with Gasteiger partial charge in [-0.2, -0.15) is 0 Å². The Morgan fingerprint density at radius 2 is 1.58 bits per heavy atom. The Kier molecular flexibility index (Phi) is 4.37. The first-order chi connectivity index (χ1) is 9.10. The van der Waals surface area contributed by atoms with Crippen molar-refractivity contribution in [3.05, 3.63) is 59.4 Å². The third-order valence-corrected chi connectivity index (χ3v) is 3.41. The summed E-state index contributed by atoms with van der Waals surface area (Å²) in [6.45, 7) is 0.0989. The molecule has 0 fully saturated rings. The molecule has 100 valence electrons. The van der Waals surface area contributed by atoms with Crippen LogP contribution in [-0.4, -0.2) is 6.26 Å². The number of hydrogen-bond acceptors (Lipinski definition) is 2. The van der Waals surface area contributed by atoms with Crippen molar-refractivity contribution in [3.8, 4) is 0 Å². The molecule has 0 amide bonds. The number of nitrogens with one attached hydrogen (secondary N) is 1. The fraction of sp³-hybridized carbons (Fsp3) is 0.143. The zero-order chi connectivity index (χ0) is 13.8. The lowest BCUT2D eigenvalue weighted by molar-refractivity contribution is 0.490. The Morgan fingerprint density at radius 1 is 0.947 bits per heavy atom. The molecule has 0 unspecified atom stereocenters. The summed E-state index contributed by atoms with van der Waals surface area (Å²) in [4.78, 5) is 1.12. The highest BCUT2D eigenvalue weighted by atomic mass is 32.2. The summed E-state index contributed by atoms with van der Waals surface area (Å²) in [6, 6.07) is 8.98. The molecule has 19 heavy (non-hydrogen) atoms. The van der Waals surface area contributed by atoms with E-state index in [2.05, 4.69) is 5.32 Å². The lowest BCUT2D eigenvalue weighted by Gasteiger charge is -2.08. The van der Waals surface area contributed by atoms with Crippen LogP contribution in [0.25, 0.3) is 0 Å². The second-order valence-electron chi connectivity index (χ2n) is 3.94. The summed E-state index contributed by atoms with van der Waals surface area (Å²) in [7, 11) is 0. The van der Waals surface area contributed by atoms with Gasteiger partial charge in [0, 0.05) is 28.8 Å². The van der Waals surface area contributed by atoms with Crippen molar-refractivity contribution in [2.24, 2.45) is 0 Å². The molecule has 2 aromatic rings. The Labute approximate surface area is 113 Å². The second kappa shape index (κ2) is 6.02. The number of benzene rings is 2. The summed E-state index contributed by atoms with van der Waals surface area (Å²) < 4.78 is 39.2. The van der Waals surface area contributed by atoms with Crippen molar-refractivity contribution >= 4 is 17.4 Å². The molecule has 0 atom stereocenters. The highest BCUT2D eigenvalue weighted by molar-refractivity contribution is 7.98. The Morgan fingerprint density at radius 3 is 2.21 bits per heavy atom. The minimum absolute atomic E-state index is 0.0906. The molecule has 0 saturated heterocycles. The Bertz CT molecular complexity index is 570. The maximum atomic E-state index is 13.4. The number of rotatable bonds is 4. The smallest absolute Gasteiger partial charge is 0.161 e. The van der Waals surface area contributed by atoms with Gasteiger partial charge in [0.1, 0.15) is 5.82 Å². The quantitative estimate of drug-likeness (QED) is 0.657. The van der Waals surface area contributed by atoms with Crippen molar-refractivity contribution in [3.63, 3.8) is 0 Å². The normalized spacial score (nSPS) is 10.5. The van der Waals surface area contributed by atoms with E-state index in [1.807, 2.05) is 30.5 Å². The van der Waals surface area contributed by atoms with Crippen LogP contribution in [0.15, 0.2) is 41.3 Å². The summed E-state index contributed by atoms with van der Waals surface area (Å²) in [5.74, 6) is -2.98. The topological polar surface area (TPSA) is 12.0 Å². The lowest BCUT2D eigenvalue weighted by Crippen LogP contribution is -2.03. The van der Waals surface area contributed by atoms with Gasteiger partial charge in [-0.15, -0.1) is 11.8 Å². The van der Waals surface area contributed by atoms with Crippen molar-refractivity contribution in [1.82, 2.24) is 0 Å². The number of hydrogen-bond donors (Lipinski definition) is 1. The molecule has 0 aliphatic rings. The fourth-order valence-corrected chi connectivity index (χ4v) is 2.01. The first-order valence-electron chi connectivity index (χ1n) is 5.61. The first-order valence-corrected chi connectivity index (χ1v) is 6.84. The van der Waals surface area contributed by atoms with Gasteiger partial charge < -0.3 is 5.32 Å². The van der Waals surface area contributed by atoms with Crippen LogP contribution in [0.5, 0.6) is 0 Å². The minimum atomic E-state index is -1.18. The highest BCUT2D eigenvalue weighted by Crippen LogP contribution is 2.19. The van der Waals surface area contributed by atoms with Crippen LogP contribution in [-0.2, 0) is 6.54 Å². The maximum Gasteiger partial charge on any atom is 0.161 e. The molecule has 1 N–H and O–H groups in total. The molecule has 0 saturated carbocycles. The molecule has 5 heteroatoms. The van der Waals surface area contributed by atoms with Crippen LogP contribution in [0.3, 0.4) is 0 Å². The van der Waals surface area contributed by atoms with Gasteiger partial charge in [-0.1, -0.05) is 0 Å². The average molecular weight is 283 g/mol. The maximum absolute atomic E-state index is 13.4. The minimum Gasteiger partial charge on any atom is -0.381 e. The van der Waals surface area contributed by atoms with E-state index >= 15 is 0 Å². The van der Waals surface area contributed by atoms with Crippen LogP contribution in [0.2, 0.25) is 0 Å². The molecule has 0 aliphatic heterocycles. The van der Waals surface area contributed by atoms with Gasteiger partial charge in [0.05, 0.1) is 0 Å². The third-order valence-electron chi connectivity index (χ3n) is 2.66. The van der Waals surface area contributed by atoms with E-state index in [0.717, 1.165) is 16.6 Å². The standard InChI is InChI=1S/C14H12F3NS/c1-19-11-4-2-10(3-5-11)18-8-9-6-13(16)14(17)7-12(9)15/h2-7,18H,8H2,1H3. The summed E-state index contributed by atoms with van der Waals surface area (Å²) >= 11 is 1.62. The van der Waals surface area contributed by atoms with Crippen LogP contribution < -0.4 is 5.32 Å². The van der Waals surface area contributed by atoms with Gasteiger partial charge >= 0.3 is 0 Å². The van der Waals surface area contributed by atoms with E-state index in [1.54, 1.807) is 11.8 Å². The fourth-order valence-electron chi connectivity index (χ4n) is 1.61. The summed E-state index contributed by atoms with van der Waals surface area (Å²) in [6.07, 6.45) is 1.97. The molecule has 2 aromatic carbocycles. The number of anilines is 1. The van der Waals surface area contributed by atoms with Gasteiger partial charge in [-0.05, 0) is 36.6 Å². The van der Waals surface area contributed by atoms with Crippen LogP contribution in [0.4, 0.5) is 18.9 Å². The van der Waals surface area contributed by atoms with Crippen molar-refractivity contribution in [1.29, 1.82) is 0 Å². The number of halogens is 3. The molecule has 0 aromatic heterocycles. The van der Waals surface area contributed by atoms with Gasteiger partial charge in [0.15, 0.2) is 11.6 Å². The van der Waals surface area contributed by atoms with Crippen LogP contribution >= 0.6 is 11.8 Å². The van der Waals surface area contributed by atoms with E-state index in [-0.39, 0.29) is 12.1 Å². The monoisotopic (exact) mass is 283 g/mol. The highest BCUT2D eigenvalue weighted by Gasteiger charge is 2.09. The van der Waals surface area contributed by atoms with Gasteiger partial charge in [-0.3, -0.25) is 0 Å². The lowest BCUT2D eigenvalue weighted by atomic mass is 10.2. The van der Waals surface area contributed by atoms with Gasteiger partial charge in [0.2, 0.25) is 0 Å². The molecule has 2 rings (SSSR count). The SMILES string of the molecule is CSc1ccc(NCc2cc(F)c(F)cc2F)cc1. The molecule has 0 aliphatic carbocycles. The van der Waals surface area contributed by atoms with Crippen LogP contribution in [0, 0.1) is 17.5 Å². The largest absolute Gasteiger partial charge is 0.381 e. The predicted molar refractivity (Wildman–Crippen MR) is 71.9 cm³/mol. The van der Waals surface area contributed by atoms with Crippen molar-refractivity contribution in [2.45, 2.75) is 11.4 Å². The Hall–Kier alpha value is -1.62. The zero-order valence-corrected chi connectivity index (χ0v) is 11.0. The third kappa shape index (κ3) is 3.44. The molecule has 0 heterocycles. The molecular weight excluding hydrogens is 271 g/mol. The van der Waals surface area contributed by atoms with E-state index < -0.39 is 17.5 Å². The first kappa shape index (κ1) is 13.8. The molecule has 1 nitrogen and oxygen atoms in total. The van der Waals surface area contributed by atoms with E-state index in [4.69, 9.17) is 0 Å². The number of thioether (sulfide) groups is 1. The van der Waals surface area contributed by atoms with Gasteiger partial charge in [0.25, 0.3) is 0 Å². The molecule has 0 spiro atoms. The van der Waals surface area contributed by atoms with E-state index in [9.17, 15) is 13.2 Å². The van der Waals surface area contributed by atoms with E-state index in [0.29, 0.717) is 6.07 Å². The summed E-state index contributed by atoms with van der Waals surface area (Å²) in [5.41, 5.74) is 0.884. The predicted octanol–water partition coefficient (Wildman–Crippen LogP) is 4.44. The molecule has 0 bridgehead atoms. The second-order valence-corrected chi connectivity index (χ2v) is 4.82.